The van der Waals surface area contributed by atoms with Gasteiger partial charge in [0, 0.05) is 13.1 Å². The van der Waals surface area contributed by atoms with E-state index in [1.54, 1.807) is 0 Å². The van der Waals surface area contributed by atoms with Gasteiger partial charge in [-0.05, 0) is 12.8 Å². The van der Waals surface area contributed by atoms with Crippen molar-refractivity contribution in [1.29, 1.82) is 0 Å². The molecule has 18 heavy (non-hydrogen) atoms. The topological polar surface area (TPSA) is 41.6 Å². The molecule has 1 aliphatic heterocycles. The van der Waals surface area contributed by atoms with Crippen LogP contribution in [0, 0.1) is 5.41 Å². The molecule has 1 heterocycles. The van der Waals surface area contributed by atoms with Gasteiger partial charge in [0.25, 0.3) is 0 Å². The number of nitrogens with one attached hydrogen (secondary N) is 1. The Hall–Kier alpha value is -0.610. The first-order valence-corrected chi connectivity index (χ1v) is 7.32. The molecule has 0 saturated carbocycles. The van der Waals surface area contributed by atoms with E-state index in [9.17, 15) is 4.79 Å². The molecule has 0 bridgehead atoms. The molecule has 1 rings (SSSR count). The van der Waals surface area contributed by atoms with Gasteiger partial charge in [0.1, 0.15) is 6.61 Å². The lowest BCUT2D eigenvalue weighted by Gasteiger charge is -2.34. The van der Waals surface area contributed by atoms with E-state index in [4.69, 9.17) is 4.74 Å². The minimum absolute atomic E-state index is 0.00384. The zero-order valence-corrected chi connectivity index (χ0v) is 12.3. The number of hydrogen-bond acceptors (Lipinski definition) is 4. The Morgan fingerprint density at radius 1 is 1.22 bits per heavy atom. The molecule has 0 aromatic rings. The van der Waals surface area contributed by atoms with E-state index >= 15 is 0 Å². The smallest absolute Gasteiger partial charge is 0.313 e. The molecule has 1 atom stereocenters. The van der Waals surface area contributed by atoms with Gasteiger partial charge in [-0.3, -0.25) is 4.79 Å². The predicted molar refractivity (Wildman–Crippen MR) is 73.1 cm³/mol. The molecule has 4 nitrogen and oxygen atoms in total. The number of hydrogen-bond donors (Lipinski definition) is 1. The fourth-order valence-electron chi connectivity index (χ4n) is 2.96. The summed E-state index contributed by atoms with van der Waals surface area (Å²) >= 11 is 0. The van der Waals surface area contributed by atoms with Gasteiger partial charge in [0.15, 0.2) is 0 Å². The van der Waals surface area contributed by atoms with E-state index < -0.39 is 0 Å². The van der Waals surface area contributed by atoms with Crippen molar-refractivity contribution in [2.24, 2.45) is 5.41 Å². The van der Waals surface area contributed by atoms with E-state index in [1.165, 1.54) is 0 Å². The quantitative estimate of drug-likeness (QED) is 0.534. The average molecular weight is 256 g/mol. The summed E-state index contributed by atoms with van der Waals surface area (Å²) < 4.78 is 5.35. The van der Waals surface area contributed by atoms with E-state index in [0.717, 1.165) is 38.8 Å². The molecule has 0 unspecified atom stereocenters. The first-order chi connectivity index (χ1) is 8.64. The van der Waals surface area contributed by atoms with Crippen molar-refractivity contribution in [1.82, 2.24) is 10.4 Å². The number of carbonyl (C=O) groups excluding carboxylic acids is 1. The van der Waals surface area contributed by atoms with Crippen molar-refractivity contribution in [3.8, 4) is 0 Å². The second kappa shape index (κ2) is 7.10. The van der Waals surface area contributed by atoms with Crippen molar-refractivity contribution < 1.29 is 9.53 Å². The summed E-state index contributed by atoms with van der Waals surface area (Å²) in [4.78, 5) is 12.2. The van der Waals surface area contributed by atoms with Gasteiger partial charge in [-0.1, -0.05) is 40.5 Å². The largest absolute Gasteiger partial charge is 0.463 e. The third-order valence-corrected chi connectivity index (χ3v) is 3.95. The van der Waals surface area contributed by atoms with E-state index in [0.29, 0.717) is 6.61 Å². The fraction of sp³-hybridized carbons (Fsp3) is 0.929. The van der Waals surface area contributed by atoms with Crippen LogP contribution in [0.4, 0.5) is 0 Å². The SMILES string of the molecule is CCCC1(CCC)C(=O)OC[C@H]1NN(CC)CC. The fourth-order valence-corrected chi connectivity index (χ4v) is 2.96. The van der Waals surface area contributed by atoms with Crippen LogP contribution in [0.1, 0.15) is 53.4 Å². The van der Waals surface area contributed by atoms with Crippen molar-refractivity contribution in [2.75, 3.05) is 19.7 Å². The Labute approximate surface area is 111 Å². The van der Waals surface area contributed by atoms with E-state index in [2.05, 4.69) is 38.1 Å². The molecule has 1 fully saturated rings. The highest BCUT2D eigenvalue weighted by Gasteiger charge is 2.51. The Morgan fingerprint density at radius 2 is 1.78 bits per heavy atom. The number of cyclic esters (lactones) is 1. The second-order valence-electron chi connectivity index (χ2n) is 5.11. The first-order valence-electron chi connectivity index (χ1n) is 7.32. The molecule has 4 heteroatoms. The number of rotatable bonds is 8. The molecule has 0 aromatic heterocycles. The van der Waals surface area contributed by atoms with Gasteiger partial charge in [-0.2, -0.15) is 0 Å². The normalized spacial score (nSPS) is 22.5. The maximum Gasteiger partial charge on any atom is 0.313 e. The Morgan fingerprint density at radius 3 is 2.22 bits per heavy atom. The van der Waals surface area contributed by atoms with Gasteiger partial charge >= 0.3 is 5.97 Å². The summed E-state index contributed by atoms with van der Waals surface area (Å²) in [6.07, 6.45) is 3.87. The molecular formula is C14H28N2O2. The maximum atomic E-state index is 12.2. The highest BCUT2D eigenvalue weighted by atomic mass is 16.5. The van der Waals surface area contributed by atoms with Gasteiger partial charge in [0.2, 0.25) is 0 Å². The minimum Gasteiger partial charge on any atom is -0.463 e. The Bertz CT molecular complexity index is 259. The number of ether oxygens (including phenoxy) is 1. The van der Waals surface area contributed by atoms with E-state index in [1.807, 2.05) is 0 Å². The molecule has 106 valence electrons. The monoisotopic (exact) mass is 256 g/mol. The third-order valence-electron chi connectivity index (χ3n) is 3.95. The summed E-state index contributed by atoms with van der Waals surface area (Å²) in [7, 11) is 0. The lowest BCUT2D eigenvalue weighted by atomic mass is 9.75. The number of nitrogens with zero attached hydrogens (tertiary/aromatic N) is 1. The van der Waals surface area contributed by atoms with Crippen LogP contribution in [0.25, 0.3) is 0 Å². The van der Waals surface area contributed by atoms with E-state index in [-0.39, 0.29) is 17.4 Å². The number of hydrazine groups is 1. The summed E-state index contributed by atoms with van der Waals surface area (Å²) in [5.74, 6) is -0.00384. The van der Waals surface area contributed by atoms with Gasteiger partial charge in [-0.25, -0.2) is 10.4 Å². The standard InChI is InChI=1S/C14H28N2O2/c1-5-9-14(10-6-2)12(11-18-13(14)17)15-16(7-3)8-4/h12,15H,5-11H2,1-4H3/t12-/m1/s1. The Kier molecular flexibility index (Phi) is 6.09. The molecule has 0 amide bonds. The summed E-state index contributed by atoms with van der Waals surface area (Å²) in [6.45, 7) is 10.9. The van der Waals surface area contributed by atoms with Crippen LogP contribution < -0.4 is 5.43 Å². The van der Waals surface area contributed by atoms with Gasteiger partial charge in [0.05, 0.1) is 11.5 Å². The molecule has 0 aromatic carbocycles. The highest BCUT2D eigenvalue weighted by molar-refractivity contribution is 5.80. The number of esters is 1. The summed E-state index contributed by atoms with van der Waals surface area (Å²) in [5, 5.41) is 2.16. The summed E-state index contributed by atoms with van der Waals surface area (Å²) in [6, 6.07) is 0.129. The summed E-state index contributed by atoms with van der Waals surface area (Å²) in [5.41, 5.74) is 3.18. The minimum atomic E-state index is -0.313. The molecule has 1 N–H and O–H groups in total. The van der Waals surface area contributed by atoms with Crippen LogP contribution in [0.5, 0.6) is 0 Å². The third kappa shape index (κ3) is 3.04. The van der Waals surface area contributed by atoms with Gasteiger partial charge < -0.3 is 4.74 Å². The van der Waals surface area contributed by atoms with Crippen molar-refractivity contribution in [2.45, 2.75) is 59.4 Å². The van der Waals surface area contributed by atoms with Crippen molar-refractivity contribution >= 4 is 5.97 Å². The zero-order chi connectivity index (χ0) is 13.6. The highest BCUT2D eigenvalue weighted by Crippen LogP contribution is 2.39. The molecule has 0 spiro atoms. The lowest BCUT2D eigenvalue weighted by molar-refractivity contribution is -0.147. The second-order valence-corrected chi connectivity index (χ2v) is 5.11. The average Bonchev–Trinajstić information content (AvgIpc) is 2.65. The van der Waals surface area contributed by atoms with Crippen LogP contribution >= 0.6 is 0 Å². The predicted octanol–water partition coefficient (Wildman–Crippen LogP) is 2.34. The van der Waals surface area contributed by atoms with Crippen molar-refractivity contribution in [3.63, 3.8) is 0 Å². The van der Waals surface area contributed by atoms with Crippen LogP contribution in [0.15, 0.2) is 0 Å². The maximum absolute atomic E-state index is 12.2. The van der Waals surface area contributed by atoms with Gasteiger partial charge in [-0.15, -0.1) is 0 Å². The van der Waals surface area contributed by atoms with Crippen LogP contribution in [-0.4, -0.2) is 36.7 Å². The van der Waals surface area contributed by atoms with Crippen LogP contribution in [0.3, 0.4) is 0 Å². The zero-order valence-electron chi connectivity index (χ0n) is 12.3. The molecule has 0 aliphatic carbocycles. The van der Waals surface area contributed by atoms with Crippen LogP contribution in [0.2, 0.25) is 0 Å². The Balaban J connectivity index is 2.83. The first kappa shape index (κ1) is 15.4. The lowest BCUT2D eigenvalue weighted by Crippen LogP contribution is -2.53. The van der Waals surface area contributed by atoms with Crippen molar-refractivity contribution in [3.05, 3.63) is 0 Å². The molecule has 0 radical (unpaired) electrons. The molecular weight excluding hydrogens is 228 g/mol. The van der Waals surface area contributed by atoms with Crippen LogP contribution in [-0.2, 0) is 9.53 Å². The molecule has 1 aliphatic rings. The molecule has 1 saturated heterocycles. The number of carbonyl (C=O) groups is 1.